The molecule has 0 bridgehead atoms. The Labute approximate surface area is 117 Å². The van der Waals surface area contributed by atoms with Crippen LogP contribution in [0.2, 0.25) is 0 Å². The van der Waals surface area contributed by atoms with Crippen LogP contribution in [-0.2, 0) is 0 Å². The number of rotatable bonds is 5. The van der Waals surface area contributed by atoms with Gasteiger partial charge >= 0.3 is 0 Å². The summed E-state index contributed by atoms with van der Waals surface area (Å²) in [4.78, 5) is 15.8. The van der Waals surface area contributed by atoms with Crippen molar-refractivity contribution in [1.82, 2.24) is 4.98 Å². The van der Waals surface area contributed by atoms with Gasteiger partial charge in [-0.25, -0.2) is 4.98 Å². The Kier molecular flexibility index (Phi) is 4.20. The van der Waals surface area contributed by atoms with Gasteiger partial charge in [-0.3, -0.25) is 4.79 Å². The van der Waals surface area contributed by atoms with E-state index in [9.17, 15) is 4.79 Å². The molecule has 104 valence electrons. The zero-order valence-electron chi connectivity index (χ0n) is 11.4. The molecule has 0 aliphatic heterocycles. The zero-order chi connectivity index (χ0) is 14.5. The van der Waals surface area contributed by atoms with Gasteiger partial charge in [0.1, 0.15) is 5.75 Å². The van der Waals surface area contributed by atoms with Crippen molar-refractivity contribution in [1.29, 1.82) is 0 Å². The molecule has 0 unspecified atom stereocenters. The number of benzene rings is 1. The summed E-state index contributed by atoms with van der Waals surface area (Å²) in [5.41, 5.74) is 6.61. The highest BCUT2D eigenvalue weighted by atomic mass is 16.5. The first-order valence-corrected chi connectivity index (χ1v) is 6.28. The number of nitrogens with zero attached hydrogens (tertiary/aromatic N) is 1. The number of nitrogen functional groups attached to an aromatic ring is 1. The van der Waals surface area contributed by atoms with Gasteiger partial charge in [-0.05, 0) is 44.2 Å². The highest BCUT2D eigenvalue weighted by molar-refractivity contribution is 5.97. The van der Waals surface area contributed by atoms with E-state index in [4.69, 9.17) is 15.2 Å². The molecule has 0 spiro atoms. The van der Waals surface area contributed by atoms with Gasteiger partial charge in [0.25, 0.3) is 5.88 Å². The molecule has 0 radical (unpaired) electrons. The van der Waals surface area contributed by atoms with Crippen molar-refractivity contribution in [2.75, 3.05) is 12.3 Å². The molecular formula is C15H16N2O3. The fourth-order valence-electron chi connectivity index (χ4n) is 1.73. The molecule has 0 amide bonds. The highest BCUT2D eigenvalue weighted by Gasteiger charge is 2.13. The lowest BCUT2D eigenvalue weighted by Crippen LogP contribution is -2.01. The molecule has 0 aliphatic carbocycles. The number of Topliss-reactive ketones (excluding diaryl/α,β-unsaturated/α-hetero) is 1. The van der Waals surface area contributed by atoms with Crippen molar-refractivity contribution in [2.45, 2.75) is 13.8 Å². The number of pyridine rings is 1. The Morgan fingerprint density at radius 3 is 2.80 bits per heavy atom. The standard InChI is InChI=1S/C15H16N2O3/c1-3-19-14-5-4-8-17-15(14)20-13-7-6-11(16)9-12(13)10(2)18/h4-9H,3,16H2,1-2H3. The third-order valence-electron chi connectivity index (χ3n) is 2.63. The van der Waals surface area contributed by atoms with Crippen LogP contribution in [0.5, 0.6) is 17.4 Å². The number of hydrogen-bond acceptors (Lipinski definition) is 5. The Balaban J connectivity index is 2.37. The quantitative estimate of drug-likeness (QED) is 0.668. The molecule has 1 aromatic heterocycles. The van der Waals surface area contributed by atoms with Crippen molar-refractivity contribution in [2.24, 2.45) is 0 Å². The van der Waals surface area contributed by atoms with E-state index in [1.807, 2.05) is 6.92 Å². The largest absolute Gasteiger partial charge is 0.488 e. The van der Waals surface area contributed by atoms with Crippen molar-refractivity contribution in [3.8, 4) is 17.4 Å². The highest BCUT2D eigenvalue weighted by Crippen LogP contribution is 2.31. The lowest BCUT2D eigenvalue weighted by Gasteiger charge is -2.12. The summed E-state index contributed by atoms with van der Waals surface area (Å²) >= 11 is 0. The minimum Gasteiger partial charge on any atom is -0.488 e. The van der Waals surface area contributed by atoms with Gasteiger partial charge in [0, 0.05) is 11.9 Å². The molecule has 1 heterocycles. The van der Waals surface area contributed by atoms with Gasteiger partial charge < -0.3 is 15.2 Å². The molecular weight excluding hydrogens is 256 g/mol. The van der Waals surface area contributed by atoms with Crippen LogP contribution in [0.4, 0.5) is 5.69 Å². The summed E-state index contributed by atoms with van der Waals surface area (Å²) < 4.78 is 11.1. The fourth-order valence-corrected chi connectivity index (χ4v) is 1.73. The van der Waals surface area contributed by atoms with Crippen LogP contribution in [0.3, 0.4) is 0 Å². The molecule has 20 heavy (non-hydrogen) atoms. The molecule has 0 atom stereocenters. The van der Waals surface area contributed by atoms with E-state index >= 15 is 0 Å². The van der Waals surface area contributed by atoms with E-state index in [1.165, 1.54) is 6.92 Å². The maximum Gasteiger partial charge on any atom is 0.262 e. The second kappa shape index (κ2) is 6.06. The molecule has 0 fully saturated rings. The minimum absolute atomic E-state index is 0.124. The van der Waals surface area contributed by atoms with Crippen molar-refractivity contribution >= 4 is 11.5 Å². The molecule has 5 heteroatoms. The van der Waals surface area contributed by atoms with Crippen LogP contribution in [0.15, 0.2) is 36.5 Å². The Bertz CT molecular complexity index is 626. The Morgan fingerprint density at radius 1 is 1.30 bits per heavy atom. The third-order valence-corrected chi connectivity index (χ3v) is 2.63. The molecule has 0 saturated heterocycles. The Hall–Kier alpha value is -2.56. The number of anilines is 1. The molecule has 2 aromatic rings. The average Bonchev–Trinajstić information content (AvgIpc) is 2.43. The zero-order valence-corrected chi connectivity index (χ0v) is 11.4. The predicted molar refractivity (Wildman–Crippen MR) is 76.3 cm³/mol. The first-order valence-electron chi connectivity index (χ1n) is 6.28. The van der Waals surface area contributed by atoms with E-state index in [2.05, 4.69) is 4.98 Å². The monoisotopic (exact) mass is 272 g/mol. The summed E-state index contributed by atoms with van der Waals surface area (Å²) in [5.74, 6) is 1.13. The molecule has 5 nitrogen and oxygen atoms in total. The van der Waals surface area contributed by atoms with Gasteiger partial charge in [0.15, 0.2) is 11.5 Å². The van der Waals surface area contributed by atoms with Crippen LogP contribution < -0.4 is 15.2 Å². The van der Waals surface area contributed by atoms with E-state index in [-0.39, 0.29) is 5.78 Å². The first-order chi connectivity index (χ1) is 9.61. The minimum atomic E-state index is -0.124. The van der Waals surface area contributed by atoms with Gasteiger partial charge in [-0.1, -0.05) is 0 Å². The number of hydrogen-bond donors (Lipinski definition) is 1. The molecule has 2 N–H and O–H groups in total. The SMILES string of the molecule is CCOc1cccnc1Oc1ccc(N)cc1C(C)=O. The third kappa shape index (κ3) is 3.06. The van der Waals surface area contributed by atoms with Crippen molar-refractivity contribution in [3.05, 3.63) is 42.1 Å². The normalized spacial score (nSPS) is 10.1. The van der Waals surface area contributed by atoms with E-state index in [1.54, 1.807) is 36.5 Å². The second-order valence-corrected chi connectivity index (χ2v) is 4.15. The van der Waals surface area contributed by atoms with Gasteiger partial charge in [-0.15, -0.1) is 0 Å². The number of carbonyl (C=O) groups excluding carboxylic acids is 1. The van der Waals surface area contributed by atoms with E-state index < -0.39 is 0 Å². The maximum absolute atomic E-state index is 11.6. The number of nitrogens with two attached hydrogens (primary N) is 1. The van der Waals surface area contributed by atoms with Crippen molar-refractivity contribution in [3.63, 3.8) is 0 Å². The average molecular weight is 272 g/mol. The number of ketones is 1. The van der Waals surface area contributed by atoms with Crippen LogP contribution in [0.25, 0.3) is 0 Å². The van der Waals surface area contributed by atoms with Crippen molar-refractivity contribution < 1.29 is 14.3 Å². The van der Waals surface area contributed by atoms with E-state index in [0.29, 0.717) is 35.2 Å². The summed E-state index contributed by atoms with van der Waals surface area (Å²) in [6.45, 7) is 3.84. The van der Waals surface area contributed by atoms with Crippen LogP contribution >= 0.6 is 0 Å². The lowest BCUT2D eigenvalue weighted by atomic mass is 10.1. The fraction of sp³-hybridized carbons (Fsp3) is 0.200. The smallest absolute Gasteiger partial charge is 0.262 e. The number of ether oxygens (including phenoxy) is 2. The first kappa shape index (κ1) is 13.9. The van der Waals surface area contributed by atoms with Crippen LogP contribution in [0.1, 0.15) is 24.2 Å². The molecule has 0 saturated carbocycles. The maximum atomic E-state index is 11.6. The predicted octanol–water partition coefficient (Wildman–Crippen LogP) is 3.06. The number of carbonyl (C=O) groups is 1. The number of aromatic nitrogens is 1. The Morgan fingerprint density at radius 2 is 2.10 bits per heavy atom. The topological polar surface area (TPSA) is 74.4 Å². The summed E-state index contributed by atoms with van der Waals surface area (Å²) in [5, 5.41) is 0. The van der Waals surface area contributed by atoms with Gasteiger partial charge in [0.05, 0.1) is 12.2 Å². The summed E-state index contributed by atoms with van der Waals surface area (Å²) in [6.07, 6.45) is 1.60. The van der Waals surface area contributed by atoms with E-state index in [0.717, 1.165) is 0 Å². The summed E-state index contributed by atoms with van der Waals surface area (Å²) in [6, 6.07) is 8.42. The molecule has 0 aliphatic rings. The van der Waals surface area contributed by atoms with Crippen LogP contribution in [-0.4, -0.2) is 17.4 Å². The van der Waals surface area contributed by atoms with Crippen LogP contribution in [0, 0.1) is 0 Å². The van der Waals surface area contributed by atoms with Gasteiger partial charge in [0.2, 0.25) is 0 Å². The second-order valence-electron chi connectivity index (χ2n) is 4.15. The summed E-state index contributed by atoms with van der Waals surface area (Å²) in [7, 11) is 0. The lowest BCUT2D eigenvalue weighted by molar-refractivity contribution is 0.101. The molecule has 1 aromatic carbocycles. The van der Waals surface area contributed by atoms with Gasteiger partial charge in [-0.2, -0.15) is 0 Å². The molecule has 2 rings (SSSR count).